The second kappa shape index (κ2) is 19.8. The molecule has 3 aromatic carbocycles. The fourth-order valence-electron chi connectivity index (χ4n) is 13.3. The van der Waals surface area contributed by atoms with Crippen LogP contribution >= 0.6 is 21.6 Å². The molecule has 3 saturated carbocycles. The molecule has 6 aliphatic rings. The zero-order valence-electron chi connectivity index (χ0n) is 40.2. The van der Waals surface area contributed by atoms with Gasteiger partial charge >= 0.3 is 0 Å². The van der Waals surface area contributed by atoms with E-state index >= 15 is 0 Å². The lowest BCUT2D eigenvalue weighted by molar-refractivity contribution is -0.119. The molecule has 0 saturated heterocycles. The van der Waals surface area contributed by atoms with Crippen LogP contribution in [0.1, 0.15) is 151 Å². The number of nitrogens with one attached hydrogen (secondary N) is 1. The van der Waals surface area contributed by atoms with Crippen LogP contribution in [0.4, 0.5) is 0 Å². The lowest BCUT2D eigenvalue weighted by Crippen LogP contribution is -2.52. The van der Waals surface area contributed by atoms with Crippen molar-refractivity contribution in [1.29, 1.82) is 0 Å². The lowest BCUT2D eigenvalue weighted by Gasteiger charge is -2.53. The molecule has 3 fully saturated rings. The van der Waals surface area contributed by atoms with E-state index in [-0.39, 0.29) is 60.0 Å². The van der Waals surface area contributed by atoms with Gasteiger partial charge in [0.05, 0.1) is 37.5 Å². The van der Waals surface area contributed by atoms with E-state index in [0.29, 0.717) is 91.7 Å². The number of carbonyl (C=O) groups is 2. The molecule has 10 rings (SSSR count). The van der Waals surface area contributed by atoms with Gasteiger partial charge in [-0.2, -0.15) is 0 Å². The number of aliphatic hydroxyl groups is 3. The molecule has 0 spiro atoms. The first-order valence-electron chi connectivity index (χ1n) is 25.3. The van der Waals surface area contributed by atoms with Crippen LogP contribution in [0.15, 0.2) is 72.9 Å². The number of aliphatic hydroxyl groups excluding tert-OH is 2. The molecule has 7 unspecified atom stereocenters. The molecule has 372 valence electrons. The van der Waals surface area contributed by atoms with Gasteiger partial charge in [-0.25, -0.2) is 0 Å². The Kier molecular flexibility index (Phi) is 13.8. The minimum Gasteiger partial charge on any atom is -0.508 e. The average molecular weight is 996 g/mol. The topological polar surface area (TPSA) is 212 Å². The maximum Gasteiger partial charge on any atom is 0.165 e. The number of ketones is 2. The van der Waals surface area contributed by atoms with Gasteiger partial charge in [-0.15, -0.1) is 5.92 Å². The van der Waals surface area contributed by atoms with E-state index in [4.69, 9.17) is 16.2 Å². The summed E-state index contributed by atoms with van der Waals surface area (Å²) in [7, 11) is 3.34. The highest BCUT2D eigenvalue weighted by atomic mass is 33.1. The highest BCUT2D eigenvalue weighted by Gasteiger charge is 2.62. The Hall–Kier alpha value is -4.96. The predicted molar refractivity (Wildman–Crippen MR) is 278 cm³/mol. The van der Waals surface area contributed by atoms with Gasteiger partial charge < -0.3 is 46.7 Å². The zero-order chi connectivity index (χ0) is 49.6. The van der Waals surface area contributed by atoms with Crippen LogP contribution in [0.25, 0.3) is 0 Å². The van der Waals surface area contributed by atoms with Gasteiger partial charge in [-0.3, -0.25) is 9.59 Å². The Morgan fingerprint density at radius 3 is 2.54 bits per heavy atom. The summed E-state index contributed by atoms with van der Waals surface area (Å²) in [5.41, 5.74) is 16.9. The van der Waals surface area contributed by atoms with Crippen LogP contribution in [0, 0.1) is 45.3 Å². The summed E-state index contributed by atoms with van der Waals surface area (Å²) in [4.78, 5) is 31.4. The Balaban J connectivity index is 1.05. The predicted octanol–water partition coefficient (Wildman–Crippen LogP) is 8.61. The normalized spacial score (nSPS) is 31.4. The molecule has 1 aromatic heterocycles. The minimum absolute atomic E-state index is 0.0153. The number of aromatic hydroxyl groups is 2. The van der Waals surface area contributed by atoms with Crippen molar-refractivity contribution in [2.75, 3.05) is 19.0 Å². The monoisotopic (exact) mass is 995 g/mol. The van der Waals surface area contributed by atoms with Crippen molar-refractivity contribution in [3.8, 4) is 40.9 Å². The summed E-state index contributed by atoms with van der Waals surface area (Å²) in [5, 5.41) is 57.0. The molecule has 13 heteroatoms. The summed E-state index contributed by atoms with van der Waals surface area (Å²) in [6.07, 6.45) is 13.2. The quantitative estimate of drug-likeness (QED) is 0.0539. The maximum atomic E-state index is 14.3. The van der Waals surface area contributed by atoms with Crippen molar-refractivity contribution in [3.05, 3.63) is 123 Å². The second-order valence-corrected chi connectivity index (χ2v) is 24.1. The van der Waals surface area contributed by atoms with Crippen LogP contribution in [-0.4, -0.2) is 72.8 Å². The molecule has 8 bridgehead atoms. The van der Waals surface area contributed by atoms with Crippen molar-refractivity contribution in [1.82, 2.24) is 4.98 Å². The zero-order valence-corrected chi connectivity index (χ0v) is 41.9. The molecule has 5 aliphatic carbocycles. The number of aryl methyl sites for hydroxylation is 1. The molecule has 4 aromatic rings. The molecule has 11 nitrogen and oxygen atoms in total. The number of benzene rings is 3. The summed E-state index contributed by atoms with van der Waals surface area (Å²) >= 11 is 0. The number of hydrogen-bond donors (Lipinski definition) is 8. The number of fused-ring (bicyclic) bond motifs is 7. The molecule has 2 heterocycles. The third-order valence-electron chi connectivity index (χ3n) is 17.3. The molecule has 71 heavy (non-hydrogen) atoms. The Morgan fingerprint density at radius 1 is 0.873 bits per heavy atom. The van der Waals surface area contributed by atoms with E-state index in [1.807, 2.05) is 18.2 Å². The van der Waals surface area contributed by atoms with Gasteiger partial charge in [-0.1, -0.05) is 76.1 Å². The van der Waals surface area contributed by atoms with E-state index in [2.05, 4.69) is 40.8 Å². The van der Waals surface area contributed by atoms with Gasteiger partial charge in [0.25, 0.3) is 0 Å². The van der Waals surface area contributed by atoms with Gasteiger partial charge in [-0.05, 0) is 139 Å². The Labute approximate surface area is 424 Å². The fourth-order valence-corrected chi connectivity index (χ4v) is 16.1. The number of aromatic nitrogens is 1. The summed E-state index contributed by atoms with van der Waals surface area (Å²) in [5.74, 6) is 14.9. The third kappa shape index (κ3) is 9.72. The van der Waals surface area contributed by atoms with Gasteiger partial charge in [0.1, 0.15) is 5.75 Å². The van der Waals surface area contributed by atoms with E-state index in [1.165, 1.54) is 0 Å². The van der Waals surface area contributed by atoms with Gasteiger partial charge in [0.2, 0.25) is 0 Å². The second-order valence-electron chi connectivity index (χ2n) is 21.7. The van der Waals surface area contributed by atoms with Gasteiger partial charge in [0.15, 0.2) is 23.1 Å². The van der Waals surface area contributed by atoms with Crippen LogP contribution < -0.4 is 16.2 Å². The highest BCUT2D eigenvalue weighted by molar-refractivity contribution is 8.76. The van der Waals surface area contributed by atoms with E-state index in [9.17, 15) is 35.1 Å². The first-order chi connectivity index (χ1) is 34.2. The number of rotatable bonds is 2. The summed E-state index contributed by atoms with van der Waals surface area (Å²) in [6, 6.07) is 16.4. The number of H-pyrrole nitrogens is 1. The SMILES string of the molecule is NC(N)c1cc2c3cc1CSSCC14CC#CC56CCCC5(CCC(/C=C/C(=O)CCc5ccc(O)c(c5)OCCc5ccc(O)c(c5)C3CC(=O)c3cc[nH]c3CC#C2)(CC1O)C4)CC(O)(CO)CC6. The van der Waals surface area contributed by atoms with Gasteiger partial charge in [0, 0.05) is 82.5 Å². The van der Waals surface area contributed by atoms with Crippen LogP contribution in [-0.2, 0) is 29.8 Å². The molecule has 0 radical (unpaired) electrons. The largest absolute Gasteiger partial charge is 0.508 e. The fraction of sp³-hybridized carbons (Fsp3) is 0.483. The number of nitrogens with two attached hydrogens (primary N) is 2. The molecule has 1 aliphatic heterocycles. The lowest BCUT2D eigenvalue weighted by atomic mass is 9.52. The number of phenols is 2. The Bertz CT molecular complexity index is 2890. The van der Waals surface area contributed by atoms with E-state index < -0.39 is 34.6 Å². The molecular formula is C58H65N3O8S2. The number of aromatic amines is 1. The smallest absolute Gasteiger partial charge is 0.165 e. The number of ether oxygens (including phenoxy) is 1. The van der Waals surface area contributed by atoms with Crippen LogP contribution in [0.5, 0.6) is 17.2 Å². The van der Waals surface area contributed by atoms with Crippen LogP contribution in [0.2, 0.25) is 0 Å². The minimum atomic E-state index is -1.16. The molecule has 10 N–H and O–H groups in total. The molecule has 0 amide bonds. The van der Waals surface area contributed by atoms with E-state index in [1.54, 1.807) is 64.2 Å². The average Bonchev–Trinajstić information content (AvgIpc) is 4.05. The number of phenolic OH excluding ortho intramolecular Hbond substituents is 2. The van der Waals surface area contributed by atoms with Crippen LogP contribution in [0.3, 0.4) is 0 Å². The number of hydrogen-bond acceptors (Lipinski definition) is 12. The standard InChI is InChI=1S/C58H65N3O8S2/c59-53(60)44-28-39-4-1-5-47-42(13-24-61-47)50(66)30-45-43(39)29-40(44)32-70-71-36-55-15-2-16-56-17-3-18-57(56,34-58(68,35-62)23-22-56)21-20-54(33-55,31-52(55)67)19-12-41(63)9-6-37-8-11-49(65)51(27-37)69-25-14-38-7-10-48(64)46(45)26-38/h7-8,10-13,19,24,26-29,45,52-53,61-62,64-65,67-68H,3,5-6,9,14-15,17-18,20-23,25,30-36,59-60H2/b19-12+. The summed E-state index contributed by atoms with van der Waals surface area (Å²) in [6.45, 7) is -0.0747. The van der Waals surface area contributed by atoms with Crippen molar-refractivity contribution in [3.63, 3.8) is 0 Å². The maximum absolute atomic E-state index is 14.3. The first-order valence-corrected chi connectivity index (χ1v) is 27.7. The number of carbonyl (C=O) groups excluding carboxylic acids is 2. The Morgan fingerprint density at radius 2 is 1.70 bits per heavy atom. The van der Waals surface area contributed by atoms with E-state index in [0.717, 1.165) is 65.6 Å². The number of Topliss-reactive ketones (excluding diaryl/α,β-unsaturated/α-hetero) is 1. The van der Waals surface area contributed by atoms with Crippen molar-refractivity contribution in [2.45, 2.75) is 132 Å². The number of allylic oxidation sites excluding steroid dienone is 2. The summed E-state index contributed by atoms with van der Waals surface area (Å²) < 4.78 is 6.19. The molecule has 7 atom stereocenters. The first kappa shape index (κ1) is 49.6. The molecular weight excluding hydrogens is 931 g/mol. The van der Waals surface area contributed by atoms with Crippen molar-refractivity contribution in [2.24, 2.45) is 33.1 Å². The van der Waals surface area contributed by atoms with Crippen molar-refractivity contribution < 1.29 is 39.9 Å². The third-order valence-corrected chi connectivity index (χ3v) is 19.8. The highest BCUT2D eigenvalue weighted by Crippen LogP contribution is 2.67. The van der Waals surface area contributed by atoms with Crippen molar-refractivity contribution >= 4 is 33.2 Å².